The molecule has 0 heterocycles. The quantitative estimate of drug-likeness (QED) is 0.688. The predicted octanol–water partition coefficient (Wildman–Crippen LogP) is 3.78. The Morgan fingerprint density at radius 2 is 1.64 bits per heavy atom. The first-order valence-corrected chi connectivity index (χ1v) is 6.73. The summed E-state index contributed by atoms with van der Waals surface area (Å²) in [6, 6.07) is 13.2. The second-order valence-corrected chi connectivity index (χ2v) is 4.81. The summed E-state index contributed by atoms with van der Waals surface area (Å²) in [4.78, 5) is 0. The molecule has 0 aliphatic carbocycles. The molecule has 4 nitrogen and oxygen atoms in total. The van der Waals surface area contributed by atoms with Crippen LogP contribution in [-0.2, 0) is 0 Å². The molecule has 1 N–H and O–H groups in total. The predicted molar refractivity (Wildman–Crippen MR) is 85.9 cm³/mol. The van der Waals surface area contributed by atoms with Crippen molar-refractivity contribution in [2.45, 2.75) is 6.92 Å². The van der Waals surface area contributed by atoms with Gasteiger partial charge in [0.1, 0.15) is 0 Å². The second-order valence-electron chi connectivity index (χ2n) is 4.81. The van der Waals surface area contributed by atoms with E-state index in [1.807, 2.05) is 31.2 Å². The molecule has 0 saturated heterocycles. The highest BCUT2D eigenvalue weighted by atomic mass is 16.5. The van der Waals surface area contributed by atoms with Gasteiger partial charge in [0.15, 0.2) is 11.5 Å². The summed E-state index contributed by atoms with van der Waals surface area (Å²) in [6.07, 6.45) is 1.73. The van der Waals surface area contributed by atoms with Gasteiger partial charge in [0, 0.05) is 0 Å². The van der Waals surface area contributed by atoms with Crippen molar-refractivity contribution < 1.29 is 14.6 Å². The number of phenolic OH excluding ortho intramolecular Hbond substituents is 1. The van der Waals surface area contributed by atoms with Crippen LogP contribution in [0.4, 0.5) is 0 Å². The van der Waals surface area contributed by atoms with Gasteiger partial charge in [-0.1, -0.05) is 29.8 Å². The number of phenols is 1. The van der Waals surface area contributed by atoms with Crippen LogP contribution in [-0.4, -0.2) is 19.3 Å². The van der Waals surface area contributed by atoms with Gasteiger partial charge in [-0.05, 0) is 36.3 Å². The van der Waals surface area contributed by atoms with Crippen LogP contribution in [0.5, 0.6) is 17.2 Å². The van der Waals surface area contributed by atoms with E-state index in [0.717, 1.165) is 11.1 Å². The van der Waals surface area contributed by atoms with Crippen LogP contribution >= 0.6 is 0 Å². The maximum Gasteiger partial charge on any atom is 0.200 e. The number of aryl methyl sites for hydroxylation is 1. The highest BCUT2D eigenvalue weighted by Crippen LogP contribution is 2.38. The number of rotatable bonds is 4. The third kappa shape index (κ3) is 3.21. The Morgan fingerprint density at radius 3 is 2.09 bits per heavy atom. The molecular weight excluding hydrogens is 278 g/mol. The lowest BCUT2D eigenvalue weighted by molar-refractivity contribution is 0.340. The minimum absolute atomic E-state index is 0.0593. The van der Waals surface area contributed by atoms with Gasteiger partial charge in [0.2, 0.25) is 5.75 Å². The van der Waals surface area contributed by atoms with Gasteiger partial charge >= 0.3 is 0 Å². The Kier molecular flexibility index (Phi) is 4.70. The number of allylic oxidation sites excluding steroid dienone is 1. The molecule has 0 saturated carbocycles. The lowest BCUT2D eigenvalue weighted by atomic mass is 10.0. The second kappa shape index (κ2) is 6.68. The summed E-state index contributed by atoms with van der Waals surface area (Å²) in [7, 11) is 2.93. The van der Waals surface area contributed by atoms with Crippen molar-refractivity contribution in [2.24, 2.45) is 0 Å². The van der Waals surface area contributed by atoms with Gasteiger partial charge in [-0.15, -0.1) is 0 Å². The SMILES string of the molecule is COc1cc(/C=C(/C#N)c2ccc(C)cc2)cc(OC)c1O. The zero-order valence-corrected chi connectivity index (χ0v) is 12.8. The number of hydrogen-bond donors (Lipinski definition) is 1. The summed E-state index contributed by atoms with van der Waals surface area (Å²) in [5.74, 6) is 0.537. The van der Waals surface area contributed by atoms with Gasteiger partial charge in [-0.25, -0.2) is 0 Å². The average molecular weight is 295 g/mol. The Labute approximate surface area is 129 Å². The maximum absolute atomic E-state index is 9.92. The summed E-state index contributed by atoms with van der Waals surface area (Å²) in [5.41, 5.74) is 3.20. The molecule has 0 amide bonds. The molecule has 0 bridgehead atoms. The fourth-order valence-electron chi connectivity index (χ4n) is 2.08. The number of hydrogen-bond acceptors (Lipinski definition) is 4. The Bertz CT molecular complexity index is 715. The molecule has 0 aliphatic heterocycles. The number of ether oxygens (including phenoxy) is 2. The molecule has 0 fully saturated rings. The number of nitrogens with zero attached hydrogens (tertiary/aromatic N) is 1. The van der Waals surface area contributed by atoms with E-state index < -0.39 is 0 Å². The summed E-state index contributed by atoms with van der Waals surface area (Å²) in [6.45, 7) is 2.00. The minimum atomic E-state index is -0.0593. The van der Waals surface area contributed by atoms with E-state index in [4.69, 9.17) is 9.47 Å². The lowest BCUT2D eigenvalue weighted by Gasteiger charge is -2.10. The summed E-state index contributed by atoms with van der Waals surface area (Å²) >= 11 is 0. The van der Waals surface area contributed by atoms with Crippen LogP contribution in [0.2, 0.25) is 0 Å². The number of methoxy groups -OCH3 is 2. The van der Waals surface area contributed by atoms with Crippen molar-refractivity contribution in [1.82, 2.24) is 0 Å². The highest BCUT2D eigenvalue weighted by molar-refractivity contribution is 5.90. The molecule has 112 valence electrons. The van der Waals surface area contributed by atoms with Crippen molar-refractivity contribution in [3.05, 3.63) is 53.1 Å². The van der Waals surface area contributed by atoms with Crippen LogP contribution in [0.25, 0.3) is 11.6 Å². The van der Waals surface area contributed by atoms with Crippen LogP contribution in [0.1, 0.15) is 16.7 Å². The molecule has 2 rings (SSSR count). The van der Waals surface area contributed by atoms with Gasteiger partial charge in [-0.3, -0.25) is 0 Å². The first-order valence-electron chi connectivity index (χ1n) is 6.73. The zero-order valence-electron chi connectivity index (χ0n) is 12.8. The van der Waals surface area contributed by atoms with Crippen molar-refractivity contribution in [3.8, 4) is 23.3 Å². The minimum Gasteiger partial charge on any atom is -0.502 e. The smallest absolute Gasteiger partial charge is 0.200 e. The van der Waals surface area contributed by atoms with Gasteiger partial charge in [0.25, 0.3) is 0 Å². The lowest BCUT2D eigenvalue weighted by Crippen LogP contribution is -1.91. The standard InChI is InChI=1S/C18H17NO3/c1-12-4-6-14(7-5-12)15(11-19)8-13-9-16(21-2)18(20)17(10-13)22-3/h4-10,20H,1-3H3/b15-8-. The number of nitriles is 1. The first-order chi connectivity index (χ1) is 10.6. The van der Waals surface area contributed by atoms with E-state index in [1.54, 1.807) is 18.2 Å². The van der Waals surface area contributed by atoms with E-state index in [9.17, 15) is 10.4 Å². The largest absolute Gasteiger partial charge is 0.502 e. The summed E-state index contributed by atoms with van der Waals surface area (Å²) in [5, 5.41) is 19.3. The van der Waals surface area contributed by atoms with Crippen molar-refractivity contribution in [1.29, 1.82) is 5.26 Å². The highest BCUT2D eigenvalue weighted by Gasteiger charge is 2.11. The van der Waals surface area contributed by atoms with E-state index in [-0.39, 0.29) is 5.75 Å². The van der Waals surface area contributed by atoms with Gasteiger partial charge in [-0.2, -0.15) is 5.26 Å². The molecule has 0 radical (unpaired) electrons. The fourth-order valence-corrected chi connectivity index (χ4v) is 2.08. The Morgan fingerprint density at radius 1 is 1.09 bits per heavy atom. The third-order valence-electron chi connectivity index (χ3n) is 3.30. The van der Waals surface area contributed by atoms with E-state index in [2.05, 4.69) is 6.07 Å². The molecule has 2 aromatic rings. The zero-order chi connectivity index (χ0) is 16.1. The molecule has 0 spiro atoms. The molecule has 22 heavy (non-hydrogen) atoms. The number of benzene rings is 2. The van der Waals surface area contributed by atoms with Crippen LogP contribution in [0, 0.1) is 18.3 Å². The number of aromatic hydroxyl groups is 1. The first kappa shape index (κ1) is 15.5. The average Bonchev–Trinajstić information content (AvgIpc) is 2.54. The third-order valence-corrected chi connectivity index (χ3v) is 3.30. The monoisotopic (exact) mass is 295 g/mol. The topological polar surface area (TPSA) is 62.5 Å². The van der Waals surface area contributed by atoms with Gasteiger partial charge in [0.05, 0.1) is 25.9 Å². The van der Waals surface area contributed by atoms with Crippen LogP contribution < -0.4 is 9.47 Å². The van der Waals surface area contributed by atoms with Crippen LogP contribution in [0.3, 0.4) is 0 Å². The molecule has 0 unspecified atom stereocenters. The molecule has 4 heteroatoms. The molecule has 0 aromatic heterocycles. The van der Waals surface area contributed by atoms with Crippen molar-refractivity contribution >= 4 is 11.6 Å². The van der Waals surface area contributed by atoms with Crippen molar-refractivity contribution in [3.63, 3.8) is 0 Å². The fraction of sp³-hybridized carbons (Fsp3) is 0.167. The maximum atomic E-state index is 9.92. The molecule has 2 aromatic carbocycles. The van der Waals surface area contributed by atoms with Gasteiger partial charge < -0.3 is 14.6 Å². The van der Waals surface area contributed by atoms with Crippen molar-refractivity contribution in [2.75, 3.05) is 14.2 Å². The molecule has 0 aliphatic rings. The van der Waals surface area contributed by atoms with E-state index >= 15 is 0 Å². The van der Waals surface area contributed by atoms with Crippen LogP contribution in [0.15, 0.2) is 36.4 Å². The Hall–Kier alpha value is -2.93. The Balaban J connectivity index is 2.50. The van der Waals surface area contributed by atoms with E-state index in [0.29, 0.717) is 22.6 Å². The molecular formula is C18H17NO3. The normalized spacial score (nSPS) is 10.9. The molecule has 0 atom stereocenters. The summed E-state index contributed by atoms with van der Waals surface area (Å²) < 4.78 is 10.2. The van der Waals surface area contributed by atoms with E-state index in [1.165, 1.54) is 14.2 Å².